The Kier molecular flexibility index (Phi) is 5.71. The van der Waals surface area contributed by atoms with Crippen LogP contribution in [0.15, 0.2) is 70.9 Å². The zero-order valence-electron chi connectivity index (χ0n) is 18.5. The number of carbonyl (C=O) groups excluding carboxylic acids is 2. The summed E-state index contributed by atoms with van der Waals surface area (Å²) in [6.45, 7) is 3.23. The number of ketones is 1. The fourth-order valence-corrected chi connectivity index (χ4v) is 4.25. The lowest BCUT2D eigenvalue weighted by atomic mass is 9.95. The summed E-state index contributed by atoms with van der Waals surface area (Å²) < 4.78 is 22.2. The molecule has 1 fully saturated rings. The maximum atomic E-state index is 13.2. The van der Waals surface area contributed by atoms with E-state index >= 15 is 0 Å². The molecule has 0 aliphatic carbocycles. The monoisotopic (exact) mass is 461 g/mol. The van der Waals surface area contributed by atoms with Gasteiger partial charge in [-0.15, -0.1) is 0 Å². The molecule has 2 aliphatic heterocycles. The summed E-state index contributed by atoms with van der Waals surface area (Å²) in [5, 5.41) is 11.3. The lowest BCUT2D eigenvalue weighted by Crippen LogP contribution is -2.29. The van der Waals surface area contributed by atoms with Crippen LogP contribution in [0.2, 0.25) is 0 Å². The molecular weight excluding hydrogens is 438 g/mol. The number of likely N-dealkylation sites (tertiary alicyclic amines) is 1. The molecule has 0 bridgehead atoms. The predicted molar refractivity (Wildman–Crippen MR) is 122 cm³/mol. The van der Waals surface area contributed by atoms with Crippen LogP contribution in [0.4, 0.5) is 0 Å². The van der Waals surface area contributed by atoms with Gasteiger partial charge in [0.2, 0.25) is 0 Å². The Labute approximate surface area is 196 Å². The van der Waals surface area contributed by atoms with E-state index in [4.69, 9.17) is 18.6 Å². The highest BCUT2D eigenvalue weighted by Crippen LogP contribution is 2.42. The molecule has 0 unspecified atom stereocenters. The Bertz CT molecular complexity index is 1260. The average Bonchev–Trinajstić information content (AvgIpc) is 3.46. The number of rotatable bonds is 6. The van der Waals surface area contributed by atoms with Crippen LogP contribution >= 0.6 is 0 Å². The van der Waals surface area contributed by atoms with Gasteiger partial charge in [0.1, 0.15) is 30.5 Å². The van der Waals surface area contributed by atoms with Crippen molar-refractivity contribution in [1.29, 1.82) is 0 Å². The van der Waals surface area contributed by atoms with Crippen LogP contribution in [0.25, 0.3) is 5.76 Å². The summed E-state index contributed by atoms with van der Waals surface area (Å²) in [6, 6.07) is 14.7. The fourth-order valence-electron chi connectivity index (χ4n) is 4.25. The molecule has 0 radical (unpaired) electrons. The van der Waals surface area contributed by atoms with Crippen molar-refractivity contribution in [3.63, 3.8) is 0 Å². The lowest BCUT2D eigenvalue weighted by Gasteiger charge is -2.25. The fraction of sp³-hybridized carbons (Fsp3) is 0.231. The maximum Gasteiger partial charge on any atom is 0.296 e. The molecule has 174 valence electrons. The van der Waals surface area contributed by atoms with Gasteiger partial charge in [0.25, 0.3) is 11.7 Å². The second kappa shape index (κ2) is 8.97. The van der Waals surface area contributed by atoms with Gasteiger partial charge in [0.15, 0.2) is 11.5 Å². The Hall–Kier alpha value is -4.20. The van der Waals surface area contributed by atoms with E-state index in [2.05, 4.69) is 0 Å². The summed E-state index contributed by atoms with van der Waals surface area (Å²) in [6.07, 6.45) is 1.51. The number of aliphatic hydroxyl groups is 1. The highest BCUT2D eigenvalue weighted by molar-refractivity contribution is 6.46. The van der Waals surface area contributed by atoms with Crippen LogP contribution < -0.4 is 14.2 Å². The van der Waals surface area contributed by atoms with Gasteiger partial charge in [0, 0.05) is 5.56 Å². The molecule has 1 N–H and O–H groups in total. The van der Waals surface area contributed by atoms with Crippen molar-refractivity contribution < 1.29 is 33.3 Å². The molecule has 0 spiro atoms. The Morgan fingerprint density at radius 1 is 1.06 bits per heavy atom. The number of carbonyl (C=O) groups is 2. The Morgan fingerprint density at radius 2 is 1.88 bits per heavy atom. The predicted octanol–water partition coefficient (Wildman–Crippen LogP) is 4.07. The first-order chi connectivity index (χ1) is 16.6. The van der Waals surface area contributed by atoms with Crippen LogP contribution in [-0.2, 0) is 16.1 Å². The van der Waals surface area contributed by atoms with E-state index in [1.807, 2.05) is 6.92 Å². The number of benzene rings is 2. The molecule has 3 heterocycles. The molecule has 34 heavy (non-hydrogen) atoms. The van der Waals surface area contributed by atoms with Crippen molar-refractivity contribution in [3.8, 4) is 17.2 Å². The Morgan fingerprint density at radius 3 is 2.65 bits per heavy atom. The molecule has 1 aromatic heterocycles. The normalized spacial score (nSPS) is 18.9. The first-order valence-corrected chi connectivity index (χ1v) is 11.0. The van der Waals surface area contributed by atoms with Crippen LogP contribution in [0.3, 0.4) is 0 Å². The smallest absolute Gasteiger partial charge is 0.296 e. The van der Waals surface area contributed by atoms with Crippen LogP contribution in [0.5, 0.6) is 17.2 Å². The third-order valence-electron chi connectivity index (χ3n) is 5.75. The second-order valence-electron chi connectivity index (χ2n) is 7.87. The largest absolute Gasteiger partial charge is 0.507 e. The quantitative estimate of drug-likeness (QED) is 0.336. The van der Waals surface area contributed by atoms with Gasteiger partial charge in [-0.25, -0.2) is 0 Å². The molecule has 8 nitrogen and oxygen atoms in total. The van der Waals surface area contributed by atoms with E-state index in [1.54, 1.807) is 54.6 Å². The summed E-state index contributed by atoms with van der Waals surface area (Å²) in [7, 11) is 0. The lowest BCUT2D eigenvalue weighted by molar-refractivity contribution is -0.140. The van der Waals surface area contributed by atoms with Crippen molar-refractivity contribution in [3.05, 3.63) is 83.3 Å². The number of ether oxygens (including phenoxy) is 3. The van der Waals surface area contributed by atoms with Gasteiger partial charge >= 0.3 is 0 Å². The maximum absolute atomic E-state index is 13.2. The van der Waals surface area contributed by atoms with Crippen molar-refractivity contribution >= 4 is 17.4 Å². The molecule has 5 rings (SSSR count). The van der Waals surface area contributed by atoms with E-state index in [0.717, 1.165) is 0 Å². The first kappa shape index (κ1) is 21.6. The van der Waals surface area contributed by atoms with Crippen molar-refractivity contribution in [2.24, 2.45) is 0 Å². The third kappa shape index (κ3) is 3.87. The standard InChI is InChI=1S/C26H23NO7/c1-2-31-18-6-3-5-16(13-18)23-22(25(29)26(30)27(23)15-19-7-4-10-32-19)24(28)17-8-9-20-21(14-17)34-12-11-33-20/h3-10,13-14,23,28H,2,11-12,15H2,1H3/t23-/m1/s1. The van der Waals surface area contributed by atoms with E-state index in [9.17, 15) is 14.7 Å². The topological polar surface area (TPSA) is 98.4 Å². The highest BCUT2D eigenvalue weighted by atomic mass is 16.6. The van der Waals surface area contributed by atoms with Gasteiger partial charge in [-0.1, -0.05) is 12.1 Å². The van der Waals surface area contributed by atoms with Gasteiger partial charge in [0.05, 0.1) is 31.0 Å². The number of nitrogens with zero attached hydrogens (tertiary/aromatic N) is 1. The molecule has 1 saturated heterocycles. The highest BCUT2D eigenvalue weighted by Gasteiger charge is 2.46. The molecular formula is C26H23NO7. The van der Waals surface area contributed by atoms with Crippen molar-refractivity contribution in [1.82, 2.24) is 4.90 Å². The van der Waals surface area contributed by atoms with Crippen LogP contribution in [0, 0.1) is 0 Å². The minimum Gasteiger partial charge on any atom is -0.507 e. The SMILES string of the molecule is CCOc1cccc([C@@H]2C(=C(O)c3ccc4c(c3)OCCO4)C(=O)C(=O)N2Cc2ccco2)c1. The van der Waals surface area contributed by atoms with Gasteiger partial charge in [-0.2, -0.15) is 0 Å². The molecule has 2 aromatic carbocycles. The van der Waals surface area contributed by atoms with Crippen LogP contribution in [0.1, 0.15) is 29.9 Å². The Balaban J connectivity index is 1.63. The second-order valence-corrected chi connectivity index (χ2v) is 7.87. The summed E-state index contributed by atoms with van der Waals surface area (Å²) in [5.41, 5.74) is 0.976. The minimum absolute atomic E-state index is 0.0121. The average molecular weight is 461 g/mol. The van der Waals surface area contributed by atoms with E-state index in [-0.39, 0.29) is 17.9 Å². The number of fused-ring (bicyclic) bond motifs is 1. The van der Waals surface area contributed by atoms with Crippen molar-refractivity contribution in [2.45, 2.75) is 19.5 Å². The molecule has 8 heteroatoms. The van der Waals surface area contributed by atoms with Crippen LogP contribution in [-0.4, -0.2) is 41.5 Å². The van der Waals surface area contributed by atoms with Gasteiger partial charge in [-0.05, 0) is 55.0 Å². The summed E-state index contributed by atoms with van der Waals surface area (Å²) in [4.78, 5) is 27.7. The molecule has 1 amide bonds. The molecule has 1 atom stereocenters. The molecule has 3 aromatic rings. The minimum atomic E-state index is -0.835. The number of amides is 1. The summed E-state index contributed by atoms with van der Waals surface area (Å²) in [5.74, 6) is 0.365. The van der Waals surface area contributed by atoms with E-state index in [1.165, 1.54) is 11.2 Å². The van der Waals surface area contributed by atoms with E-state index in [0.29, 0.717) is 54.0 Å². The number of furan rings is 1. The first-order valence-electron chi connectivity index (χ1n) is 11.0. The molecule has 2 aliphatic rings. The zero-order valence-corrected chi connectivity index (χ0v) is 18.5. The zero-order chi connectivity index (χ0) is 23.7. The van der Waals surface area contributed by atoms with E-state index < -0.39 is 17.7 Å². The third-order valence-corrected chi connectivity index (χ3v) is 5.75. The van der Waals surface area contributed by atoms with Gasteiger partial charge < -0.3 is 28.6 Å². The van der Waals surface area contributed by atoms with Gasteiger partial charge in [-0.3, -0.25) is 9.59 Å². The van der Waals surface area contributed by atoms with Crippen molar-refractivity contribution in [2.75, 3.05) is 19.8 Å². The number of hydrogen-bond donors (Lipinski definition) is 1. The number of Topliss-reactive ketones (excluding diaryl/α,β-unsaturated/α-hetero) is 1. The number of aliphatic hydroxyl groups excluding tert-OH is 1. The molecule has 0 saturated carbocycles. The summed E-state index contributed by atoms with van der Waals surface area (Å²) >= 11 is 0. The number of hydrogen-bond acceptors (Lipinski definition) is 7.